The standard InChI is InChI=1S/C12H16N4/c1-12(2,3)9-6-8(13)7-4-5-10(14)16-11(7)15-9/h4-6H,1-3H3,(H4,13,14,15,16). The van der Waals surface area contributed by atoms with Gasteiger partial charge in [-0.05, 0) is 18.2 Å². The Labute approximate surface area is 94.7 Å². The summed E-state index contributed by atoms with van der Waals surface area (Å²) in [5.41, 5.74) is 13.8. The fourth-order valence-corrected chi connectivity index (χ4v) is 1.53. The van der Waals surface area contributed by atoms with Crippen LogP contribution in [0.2, 0.25) is 0 Å². The molecule has 0 fully saturated rings. The molecule has 0 amide bonds. The van der Waals surface area contributed by atoms with Crippen molar-refractivity contribution in [3.63, 3.8) is 0 Å². The summed E-state index contributed by atoms with van der Waals surface area (Å²) in [6.45, 7) is 6.27. The molecule has 4 nitrogen and oxygen atoms in total. The van der Waals surface area contributed by atoms with Crippen LogP contribution in [-0.4, -0.2) is 9.97 Å². The van der Waals surface area contributed by atoms with E-state index in [2.05, 4.69) is 30.7 Å². The monoisotopic (exact) mass is 216 g/mol. The minimum absolute atomic E-state index is 0.0470. The molecule has 0 aliphatic carbocycles. The van der Waals surface area contributed by atoms with Gasteiger partial charge in [0.05, 0.1) is 5.69 Å². The molecule has 16 heavy (non-hydrogen) atoms. The van der Waals surface area contributed by atoms with Gasteiger partial charge in [0.1, 0.15) is 5.82 Å². The lowest BCUT2D eigenvalue weighted by atomic mass is 9.91. The molecular weight excluding hydrogens is 200 g/mol. The van der Waals surface area contributed by atoms with E-state index in [0.29, 0.717) is 17.2 Å². The molecule has 0 spiro atoms. The smallest absolute Gasteiger partial charge is 0.163 e. The summed E-state index contributed by atoms with van der Waals surface area (Å²) < 4.78 is 0. The normalized spacial score (nSPS) is 11.9. The van der Waals surface area contributed by atoms with E-state index in [9.17, 15) is 0 Å². The highest BCUT2D eigenvalue weighted by molar-refractivity contribution is 5.88. The molecule has 0 atom stereocenters. The van der Waals surface area contributed by atoms with Crippen molar-refractivity contribution < 1.29 is 0 Å². The van der Waals surface area contributed by atoms with Gasteiger partial charge in [0.15, 0.2) is 5.65 Å². The molecule has 4 N–H and O–H groups in total. The summed E-state index contributed by atoms with van der Waals surface area (Å²) in [5.74, 6) is 0.463. The quantitative estimate of drug-likeness (QED) is 0.706. The molecule has 0 saturated heterocycles. The Hall–Kier alpha value is -1.84. The third kappa shape index (κ3) is 1.78. The van der Waals surface area contributed by atoms with E-state index >= 15 is 0 Å². The van der Waals surface area contributed by atoms with Gasteiger partial charge >= 0.3 is 0 Å². The molecule has 0 aliphatic heterocycles. The van der Waals surface area contributed by atoms with Crippen molar-refractivity contribution >= 4 is 22.5 Å². The van der Waals surface area contributed by atoms with Gasteiger partial charge in [-0.2, -0.15) is 0 Å². The van der Waals surface area contributed by atoms with Crippen molar-refractivity contribution in [3.8, 4) is 0 Å². The fourth-order valence-electron chi connectivity index (χ4n) is 1.53. The van der Waals surface area contributed by atoms with Gasteiger partial charge in [0.25, 0.3) is 0 Å². The topological polar surface area (TPSA) is 77.8 Å². The number of nitrogens with two attached hydrogens (primary N) is 2. The lowest BCUT2D eigenvalue weighted by molar-refractivity contribution is 0.571. The maximum Gasteiger partial charge on any atom is 0.163 e. The van der Waals surface area contributed by atoms with Gasteiger partial charge in [0.2, 0.25) is 0 Å². The Bertz CT molecular complexity index is 540. The molecule has 2 heterocycles. The molecule has 2 rings (SSSR count). The Kier molecular flexibility index (Phi) is 2.22. The van der Waals surface area contributed by atoms with E-state index in [1.165, 1.54) is 0 Å². The Balaban J connectivity index is 2.75. The van der Waals surface area contributed by atoms with Crippen molar-refractivity contribution in [2.45, 2.75) is 26.2 Å². The van der Waals surface area contributed by atoms with Crippen molar-refractivity contribution in [1.82, 2.24) is 9.97 Å². The van der Waals surface area contributed by atoms with Gasteiger partial charge in [-0.25, -0.2) is 9.97 Å². The first-order valence-corrected chi connectivity index (χ1v) is 5.21. The molecule has 2 aromatic rings. The number of nitrogen functional groups attached to an aromatic ring is 2. The van der Waals surface area contributed by atoms with Crippen molar-refractivity contribution in [2.75, 3.05) is 11.5 Å². The lowest BCUT2D eigenvalue weighted by Gasteiger charge is -2.18. The van der Waals surface area contributed by atoms with E-state index in [-0.39, 0.29) is 5.41 Å². The van der Waals surface area contributed by atoms with Crippen LogP contribution < -0.4 is 11.5 Å². The molecule has 0 radical (unpaired) electrons. The molecule has 4 heteroatoms. The van der Waals surface area contributed by atoms with Gasteiger partial charge in [-0.3, -0.25) is 0 Å². The summed E-state index contributed by atoms with van der Waals surface area (Å²) in [6, 6.07) is 5.49. The SMILES string of the molecule is CC(C)(C)c1cc(N)c2ccc(N)nc2n1. The number of hydrogen-bond acceptors (Lipinski definition) is 4. The number of rotatable bonds is 0. The zero-order chi connectivity index (χ0) is 11.9. The average Bonchev–Trinajstić information content (AvgIpc) is 2.15. The van der Waals surface area contributed by atoms with Gasteiger partial charge in [0, 0.05) is 16.5 Å². The van der Waals surface area contributed by atoms with E-state index in [1.807, 2.05) is 12.1 Å². The average molecular weight is 216 g/mol. The van der Waals surface area contributed by atoms with E-state index in [0.717, 1.165) is 11.1 Å². The van der Waals surface area contributed by atoms with Crippen LogP contribution in [0, 0.1) is 0 Å². The van der Waals surface area contributed by atoms with Crippen LogP contribution in [0.3, 0.4) is 0 Å². The summed E-state index contributed by atoms with van der Waals surface area (Å²) in [5, 5.41) is 0.849. The molecule has 2 aromatic heterocycles. The maximum atomic E-state index is 5.98. The minimum atomic E-state index is -0.0470. The number of hydrogen-bond donors (Lipinski definition) is 2. The first kappa shape index (κ1) is 10.7. The van der Waals surface area contributed by atoms with Crippen LogP contribution in [0.15, 0.2) is 18.2 Å². The summed E-state index contributed by atoms with van der Waals surface area (Å²) >= 11 is 0. The second-order valence-electron chi connectivity index (χ2n) is 4.95. The van der Waals surface area contributed by atoms with Crippen molar-refractivity contribution in [3.05, 3.63) is 23.9 Å². The molecule has 0 saturated carbocycles. The fraction of sp³-hybridized carbons (Fsp3) is 0.333. The number of pyridine rings is 2. The largest absolute Gasteiger partial charge is 0.398 e. The zero-order valence-corrected chi connectivity index (χ0v) is 9.78. The second-order valence-corrected chi connectivity index (χ2v) is 4.95. The van der Waals surface area contributed by atoms with Crippen molar-refractivity contribution in [2.24, 2.45) is 0 Å². The van der Waals surface area contributed by atoms with Crippen molar-refractivity contribution in [1.29, 1.82) is 0 Å². The Morgan fingerprint density at radius 3 is 2.38 bits per heavy atom. The predicted molar refractivity (Wildman–Crippen MR) is 67.1 cm³/mol. The Morgan fingerprint density at radius 2 is 1.75 bits per heavy atom. The van der Waals surface area contributed by atoms with Crippen LogP contribution >= 0.6 is 0 Å². The molecule has 0 unspecified atom stereocenters. The first-order valence-electron chi connectivity index (χ1n) is 5.21. The summed E-state index contributed by atoms with van der Waals surface area (Å²) in [7, 11) is 0. The highest BCUT2D eigenvalue weighted by Crippen LogP contribution is 2.26. The maximum absolute atomic E-state index is 5.98. The van der Waals surface area contributed by atoms with E-state index in [1.54, 1.807) is 6.07 Å². The minimum Gasteiger partial charge on any atom is -0.398 e. The van der Waals surface area contributed by atoms with E-state index < -0.39 is 0 Å². The predicted octanol–water partition coefficient (Wildman–Crippen LogP) is 2.09. The highest BCUT2D eigenvalue weighted by Gasteiger charge is 2.17. The van der Waals surface area contributed by atoms with Gasteiger partial charge < -0.3 is 11.5 Å². The highest BCUT2D eigenvalue weighted by atomic mass is 14.9. The summed E-state index contributed by atoms with van der Waals surface area (Å²) in [6.07, 6.45) is 0. The second kappa shape index (κ2) is 3.33. The van der Waals surface area contributed by atoms with Crippen LogP contribution in [-0.2, 0) is 5.41 Å². The molecule has 0 aromatic carbocycles. The number of aromatic nitrogens is 2. The number of nitrogens with zero attached hydrogens (tertiary/aromatic N) is 2. The molecule has 0 bridgehead atoms. The van der Waals surface area contributed by atoms with E-state index in [4.69, 9.17) is 11.5 Å². The third-order valence-electron chi connectivity index (χ3n) is 2.49. The van der Waals surface area contributed by atoms with Crippen LogP contribution in [0.5, 0.6) is 0 Å². The first-order chi connectivity index (χ1) is 7.38. The van der Waals surface area contributed by atoms with Crippen LogP contribution in [0.25, 0.3) is 11.0 Å². The van der Waals surface area contributed by atoms with Crippen LogP contribution in [0.1, 0.15) is 26.5 Å². The lowest BCUT2D eigenvalue weighted by Crippen LogP contribution is -2.14. The molecule has 0 aliphatic rings. The third-order valence-corrected chi connectivity index (χ3v) is 2.49. The Morgan fingerprint density at radius 1 is 1.06 bits per heavy atom. The number of fused-ring (bicyclic) bond motifs is 1. The van der Waals surface area contributed by atoms with Crippen LogP contribution in [0.4, 0.5) is 11.5 Å². The van der Waals surface area contributed by atoms with Gasteiger partial charge in [-0.1, -0.05) is 20.8 Å². The van der Waals surface area contributed by atoms with Gasteiger partial charge in [-0.15, -0.1) is 0 Å². The number of anilines is 2. The molecule has 84 valence electrons. The summed E-state index contributed by atoms with van der Waals surface area (Å²) in [4.78, 5) is 8.69. The molecular formula is C12H16N4. The zero-order valence-electron chi connectivity index (χ0n) is 9.78.